The number of hydrogen-bond acceptors (Lipinski definition) is 3. The van der Waals surface area contributed by atoms with Gasteiger partial charge in [0.05, 0.1) is 4.90 Å². The largest absolute Gasteiger partial charge is 0.573 e. The van der Waals surface area contributed by atoms with E-state index in [2.05, 4.69) is 4.74 Å². The summed E-state index contributed by atoms with van der Waals surface area (Å²) in [4.78, 5) is -0.663. The van der Waals surface area contributed by atoms with E-state index in [4.69, 9.17) is 4.55 Å². The average Bonchev–Trinajstić information content (AvgIpc) is 1.99. The molecule has 0 fully saturated rings. The average molecular weight is 242 g/mol. The smallest absolute Gasteiger partial charge is 0.406 e. The van der Waals surface area contributed by atoms with Crippen molar-refractivity contribution in [2.75, 3.05) is 0 Å². The molecular weight excluding hydrogens is 237 g/mol. The van der Waals surface area contributed by atoms with Crippen molar-refractivity contribution in [3.05, 3.63) is 24.3 Å². The van der Waals surface area contributed by atoms with Crippen molar-refractivity contribution in [1.82, 2.24) is 0 Å². The normalized spacial score (nSPS) is 12.5. The van der Waals surface area contributed by atoms with E-state index in [-0.39, 0.29) is 0 Å². The van der Waals surface area contributed by atoms with Gasteiger partial charge in [0.2, 0.25) is 0 Å². The zero-order valence-corrected chi connectivity index (χ0v) is 7.84. The van der Waals surface area contributed by atoms with E-state index in [9.17, 15) is 21.6 Å². The minimum absolute atomic E-state index is 0.572. The van der Waals surface area contributed by atoms with Crippen LogP contribution in [-0.4, -0.2) is 19.3 Å². The van der Waals surface area contributed by atoms with Gasteiger partial charge in [0, 0.05) is 6.07 Å². The van der Waals surface area contributed by atoms with Gasteiger partial charge in [-0.3, -0.25) is 4.55 Å². The van der Waals surface area contributed by atoms with Crippen molar-refractivity contribution < 1.29 is 30.9 Å². The van der Waals surface area contributed by atoms with Crippen LogP contribution in [0.4, 0.5) is 13.2 Å². The molecule has 0 radical (unpaired) electrons. The summed E-state index contributed by atoms with van der Waals surface area (Å²) >= 11 is 0. The van der Waals surface area contributed by atoms with Crippen LogP contribution in [0, 0.1) is 0 Å². The van der Waals surface area contributed by atoms with E-state index in [0.29, 0.717) is 6.07 Å². The fourth-order valence-corrected chi connectivity index (χ4v) is 1.35. The molecule has 4 nitrogen and oxygen atoms in total. The second-order valence-corrected chi connectivity index (χ2v) is 3.92. The van der Waals surface area contributed by atoms with Crippen molar-refractivity contribution in [1.29, 1.82) is 0 Å². The first-order valence-electron chi connectivity index (χ1n) is 3.52. The molecule has 1 N–H and O–H groups in total. The number of halogens is 3. The lowest BCUT2D eigenvalue weighted by Crippen LogP contribution is -2.17. The Hall–Kier alpha value is -1.28. The van der Waals surface area contributed by atoms with Gasteiger partial charge >= 0.3 is 6.36 Å². The Morgan fingerprint density at radius 2 is 1.87 bits per heavy atom. The molecule has 0 saturated heterocycles. The van der Waals surface area contributed by atoms with Gasteiger partial charge in [-0.1, -0.05) is 6.07 Å². The number of rotatable bonds is 2. The van der Waals surface area contributed by atoms with Gasteiger partial charge in [-0.2, -0.15) is 8.42 Å². The van der Waals surface area contributed by atoms with Gasteiger partial charge in [0.15, 0.2) is 0 Å². The maximum absolute atomic E-state index is 11.7. The standard InChI is InChI=1S/C7H5F3O4S/c8-7(9,10)14-5-2-1-3-6(4-5)15(11,12)13/h1-4H,(H,11,12,13). The molecule has 0 bridgehead atoms. The van der Waals surface area contributed by atoms with E-state index in [0.717, 1.165) is 18.2 Å². The van der Waals surface area contributed by atoms with E-state index in [1.807, 2.05) is 0 Å². The highest BCUT2D eigenvalue weighted by Gasteiger charge is 2.31. The van der Waals surface area contributed by atoms with Crippen LogP contribution in [0.15, 0.2) is 29.2 Å². The summed E-state index contributed by atoms with van der Waals surface area (Å²) in [5.74, 6) is -0.711. The van der Waals surface area contributed by atoms with Crippen LogP contribution >= 0.6 is 0 Å². The second kappa shape index (κ2) is 3.70. The predicted molar refractivity (Wildman–Crippen MR) is 42.9 cm³/mol. The minimum atomic E-state index is -4.90. The van der Waals surface area contributed by atoms with Crippen LogP contribution in [0.25, 0.3) is 0 Å². The molecule has 0 amide bonds. The predicted octanol–water partition coefficient (Wildman–Crippen LogP) is 1.83. The minimum Gasteiger partial charge on any atom is -0.406 e. The molecule has 0 heterocycles. The molecule has 0 aliphatic rings. The van der Waals surface area contributed by atoms with Gasteiger partial charge in [0.25, 0.3) is 10.1 Å². The molecule has 0 aliphatic heterocycles. The summed E-state index contributed by atoms with van der Waals surface area (Å²) in [6.45, 7) is 0. The molecule has 1 aromatic rings. The molecular formula is C7H5F3O4S. The Labute approximate surface area is 83.0 Å². The highest BCUT2D eigenvalue weighted by Crippen LogP contribution is 2.24. The maximum Gasteiger partial charge on any atom is 0.573 e. The molecule has 8 heteroatoms. The van der Waals surface area contributed by atoms with Crippen LogP contribution in [0.1, 0.15) is 0 Å². The third kappa shape index (κ3) is 3.76. The van der Waals surface area contributed by atoms with Gasteiger partial charge in [0.1, 0.15) is 5.75 Å². The molecule has 0 atom stereocenters. The summed E-state index contributed by atoms with van der Waals surface area (Å²) in [6.07, 6.45) is -4.90. The molecule has 1 aromatic carbocycles. The first kappa shape index (κ1) is 11.8. The molecule has 0 aromatic heterocycles. The molecule has 84 valence electrons. The number of alkyl halides is 3. The van der Waals surface area contributed by atoms with Gasteiger partial charge in [-0.25, -0.2) is 0 Å². The fraction of sp³-hybridized carbons (Fsp3) is 0.143. The highest BCUT2D eigenvalue weighted by molar-refractivity contribution is 7.85. The first-order chi connectivity index (χ1) is 6.68. The SMILES string of the molecule is O=S(=O)(O)c1cccc(OC(F)(F)F)c1. The third-order valence-corrected chi connectivity index (χ3v) is 2.19. The fourth-order valence-electron chi connectivity index (χ4n) is 0.832. The van der Waals surface area contributed by atoms with Gasteiger partial charge in [-0.05, 0) is 12.1 Å². The Kier molecular flexibility index (Phi) is 2.91. The summed E-state index contributed by atoms with van der Waals surface area (Å²) in [5.41, 5.74) is 0. The molecule has 0 aliphatic carbocycles. The van der Waals surface area contributed by atoms with Crippen LogP contribution in [-0.2, 0) is 10.1 Å². The molecule has 1 rings (SSSR count). The first-order valence-corrected chi connectivity index (χ1v) is 4.96. The highest BCUT2D eigenvalue weighted by atomic mass is 32.2. The summed E-state index contributed by atoms with van der Waals surface area (Å²) < 4.78 is 68.4. The Bertz CT molecular complexity index is 452. The van der Waals surface area contributed by atoms with Crippen LogP contribution in [0.3, 0.4) is 0 Å². The third-order valence-electron chi connectivity index (χ3n) is 1.34. The lowest BCUT2D eigenvalue weighted by Gasteiger charge is -2.08. The Balaban J connectivity index is 3.04. The van der Waals surface area contributed by atoms with E-state index in [1.54, 1.807) is 0 Å². The quantitative estimate of drug-likeness (QED) is 0.803. The van der Waals surface area contributed by atoms with Gasteiger partial charge in [-0.15, -0.1) is 13.2 Å². The summed E-state index contributed by atoms with van der Waals surface area (Å²) in [7, 11) is -4.53. The monoisotopic (exact) mass is 242 g/mol. The van der Waals surface area contributed by atoms with Crippen LogP contribution in [0.2, 0.25) is 0 Å². The lowest BCUT2D eigenvalue weighted by molar-refractivity contribution is -0.274. The second-order valence-electron chi connectivity index (χ2n) is 2.50. The van der Waals surface area contributed by atoms with Crippen LogP contribution < -0.4 is 4.74 Å². The molecule has 0 saturated carbocycles. The zero-order chi connectivity index (χ0) is 11.7. The van der Waals surface area contributed by atoms with Crippen molar-refractivity contribution in [2.45, 2.75) is 11.3 Å². The van der Waals surface area contributed by atoms with Crippen molar-refractivity contribution in [3.8, 4) is 5.75 Å². The summed E-state index contributed by atoms with van der Waals surface area (Å²) in [6, 6.07) is 3.45. The lowest BCUT2D eigenvalue weighted by atomic mass is 10.3. The molecule has 0 unspecified atom stereocenters. The van der Waals surface area contributed by atoms with Crippen LogP contribution in [0.5, 0.6) is 5.75 Å². The van der Waals surface area contributed by atoms with E-state index >= 15 is 0 Å². The molecule has 15 heavy (non-hydrogen) atoms. The van der Waals surface area contributed by atoms with E-state index in [1.165, 1.54) is 0 Å². The number of ether oxygens (including phenoxy) is 1. The topological polar surface area (TPSA) is 63.6 Å². The van der Waals surface area contributed by atoms with Crippen molar-refractivity contribution >= 4 is 10.1 Å². The zero-order valence-electron chi connectivity index (χ0n) is 7.02. The maximum atomic E-state index is 11.7. The van der Waals surface area contributed by atoms with Gasteiger partial charge < -0.3 is 4.74 Å². The number of hydrogen-bond donors (Lipinski definition) is 1. The van der Waals surface area contributed by atoms with E-state index < -0.39 is 27.1 Å². The van der Waals surface area contributed by atoms with Crippen molar-refractivity contribution in [3.63, 3.8) is 0 Å². The Morgan fingerprint density at radius 3 is 2.33 bits per heavy atom. The number of benzene rings is 1. The van der Waals surface area contributed by atoms with Crippen molar-refractivity contribution in [2.24, 2.45) is 0 Å². The summed E-state index contributed by atoms with van der Waals surface area (Å²) in [5, 5.41) is 0. The molecule has 0 spiro atoms. The Morgan fingerprint density at radius 1 is 1.27 bits per heavy atom.